The topological polar surface area (TPSA) is 73.3 Å². The van der Waals surface area contributed by atoms with Crippen LogP contribution in [0.15, 0.2) is 22.5 Å². The second-order valence-electron chi connectivity index (χ2n) is 6.78. The second kappa shape index (κ2) is 9.53. The van der Waals surface area contributed by atoms with E-state index in [2.05, 4.69) is 15.3 Å². The molecule has 0 atom stereocenters. The molecule has 9 heteroatoms. The zero-order valence-electron chi connectivity index (χ0n) is 16.4. The number of hydrogen-bond donors (Lipinski definition) is 1. The Hall–Kier alpha value is -1.52. The molecule has 0 saturated carbocycles. The van der Waals surface area contributed by atoms with Gasteiger partial charge in [0, 0.05) is 22.7 Å². The van der Waals surface area contributed by atoms with Crippen LogP contribution in [0.3, 0.4) is 0 Å². The number of thiazole rings is 2. The minimum absolute atomic E-state index is 0.0515. The van der Waals surface area contributed by atoms with E-state index < -0.39 is 0 Å². The molecule has 29 heavy (non-hydrogen) atoms. The van der Waals surface area contributed by atoms with Crippen LogP contribution < -0.4 is 5.32 Å². The molecule has 2 aromatic heterocycles. The molecular weight excluding hydrogens is 426 g/mol. The predicted molar refractivity (Wildman–Crippen MR) is 119 cm³/mol. The monoisotopic (exact) mass is 449 g/mol. The molecule has 0 aliphatic carbocycles. The van der Waals surface area contributed by atoms with E-state index in [0.717, 1.165) is 67.6 Å². The Morgan fingerprint density at radius 2 is 2.07 bits per heavy atom. The number of hydrogen-bond acceptors (Lipinski definition) is 8. The normalized spacial score (nSPS) is 15.1. The Balaban J connectivity index is 1.33. The van der Waals surface area contributed by atoms with E-state index in [1.54, 1.807) is 34.4 Å². The molecule has 3 aromatic rings. The van der Waals surface area contributed by atoms with Crippen molar-refractivity contribution in [3.63, 3.8) is 0 Å². The van der Waals surface area contributed by atoms with E-state index in [1.807, 2.05) is 32.0 Å². The third-order valence-electron chi connectivity index (χ3n) is 4.46. The van der Waals surface area contributed by atoms with Crippen LogP contribution in [0.25, 0.3) is 10.2 Å². The SMILES string of the molecule is Cc1nc(CC(=O)Nc2ccc3nc(SCCC4OCCCO4)sc3c2)c(C)s1. The number of carbonyl (C=O) groups excluding carboxylic acids is 1. The lowest BCUT2D eigenvalue weighted by atomic mass is 10.2. The Labute approximate surface area is 182 Å². The van der Waals surface area contributed by atoms with E-state index in [9.17, 15) is 4.79 Å². The number of amides is 1. The lowest BCUT2D eigenvalue weighted by Crippen LogP contribution is -2.25. The summed E-state index contributed by atoms with van der Waals surface area (Å²) in [7, 11) is 0. The first-order valence-electron chi connectivity index (χ1n) is 9.56. The summed E-state index contributed by atoms with van der Waals surface area (Å²) >= 11 is 4.98. The smallest absolute Gasteiger partial charge is 0.230 e. The number of thioether (sulfide) groups is 1. The van der Waals surface area contributed by atoms with Gasteiger partial charge in [-0.15, -0.1) is 22.7 Å². The summed E-state index contributed by atoms with van der Waals surface area (Å²) in [5, 5.41) is 3.97. The first kappa shape index (κ1) is 20.7. The minimum atomic E-state index is -0.0856. The van der Waals surface area contributed by atoms with Gasteiger partial charge < -0.3 is 14.8 Å². The molecule has 0 bridgehead atoms. The number of rotatable bonds is 7. The van der Waals surface area contributed by atoms with Gasteiger partial charge in [0.1, 0.15) is 0 Å². The fourth-order valence-electron chi connectivity index (χ4n) is 3.08. The Morgan fingerprint density at radius 3 is 2.83 bits per heavy atom. The Kier molecular flexibility index (Phi) is 6.81. The zero-order valence-corrected chi connectivity index (χ0v) is 18.8. The molecule has 3 heterocycles. The Morgan fingerprint density at radius 1 is 1.24 bits per heavy atom. The van der Waals surface area contributed by atoms with Crippen molar-refractivity contribution in [1.82, 2.24) is 9.97 Å². The molecule has 1 fully saturated rings. The van der Waals surface area contributed by atoms with Crippen LogP contribution in [0.4, 0.5) is 5.69 Å². The number of ether oxygens (including phenoxy) is 2. The van der Waals surface area contributed by atoms with E-state index in [-0.39, 0.29) is 12.2 Å². The lowest BCUT2D eigenvalue weighted by Gasteiger charge is -2.22. The van der Waals surface area contributed by atoms with E-state index in [0.29, 0.717) is 6.42 Å². The lowest BCUT2D eigenvalue weighted by molar-refractivity contribution is -0.178. The number of anilines is 1. The fourth-order valence-corrected chi connectivity index (χ4v) is 6.06. The van der Waals surface area contributed by atoms with Gasteiger partial charge >= 0.3 is 0 Å². The molecule has 0 unspecified atom stereocenters. The van der Waals surface area contributed by atoms with Crippen molar-refractivity contribution in [1.29, 1.82) is 0 Å². The summed E-state index contributed by atoms with van der Waals surface area (Å²) in [5.74, 6) is 0.852. The molecule has 1 amide bonds. The molecule has 154 valence electrons. The number of carbonyl (C=O) groups is 1. The number of benzene rings is 1. The van der Waals surface area contributed by atoms with Crippen molar-refractivity contribution in [3.8, 4) is 0 Å². The highest BCUT2D eigenvalue weighted by Crippen LogP contribution is 2.32. The van der Waals surface area contributed by atoms with E-state index >= 15 is 0 Å². The highest BCUT2D eigenvalue weighted by atomic mass is 32.2. The maximum absolute atomic E-state index is 12.4. The largest absolute Gasteiger partial charge is 0.353 e. The molecule has 1 aliphatic rings. The van der Waals surface area contributed by atoms with Crippen molar-refractivity contribution in [2.75, 3.05) is 24.3 Å². The van der Waals surface area contributed by atoms with Crippen molar-refractivity contribution in [2.24, 2.45) is 0 Å². The maximum Gasteiger partial charge on any atom is 0.230 e. The summed E-state index contributed by atoms with van der Waals surface area (Å²) in [5.41, 5.74) is 2.59. The third kappa shape index (κ3) is 5.55. The van der Waals surface area contributed by atoms with Gasteiger partial charge in [0.2, 0.25) is 5.91 Å². The van der Waals surface area contributed by atoms with Gasteiger partial charge in [0.25, 0.3) is 0 Å². The van der Waals surface area contributed by atoms with Gasteiger partial charge in [-0.3, -0.25) is 4.79 Å². The molecular formula is C20H23N3O3S3. The number of aromatic nitrogens is 2. The predicted octanol–water partition coefficient (Wildman–Crippen LogP) is 4.80. The van der Waals surface area contributed by atoms with Crippen LogP contribution >= 0.6 is 34.4 Å². The molecule has 0 radical (unpaired) electrons. The highest BCUT2D eigenvalue weighted by molar-refractivity contribution is 8.01. The standard InChI is InChI=1S/C20H23N3O3S3/c1-12-16(21-13(2)28-12)11-18(24)22-14-4-5-15-17(10-14)29-20(23-15)27-9-6-19-25-7-3-8-26-19/h4-5,10,19H,3,6-9,11H2,1-2H3,(H,22,24). The van der Waals surface area contributed by atoms with Crippen molar-refractivity contribution < 1.29 is 14.3 Å². The molecule has 1 aromatic carbocycles. The number of fused-ring (bicyclic) bond motifs is 1. The van der Waals surface area contributed by atoms with Gasteiger partial charge in [-0.1, -0.05) is 11.8 Å². The minimum Gasteiger partial charge on any atom is -0.353 e. The van der Waals surface area contributed by atoms with Gasteiger partial charge in [0.15, 0.2) is 10.6 Å². The van der Waals surface area contributed by atoms with Gasteiger partial charge in [-0.2, -0.15) is 0 Å². The van der Waals surface area contributed by atoms with Crippen LogP contribution in [0.2, 0.25) is 0 Å². The number of aryl methyl sites for hydroxylation is 2. The van der Waals surface area contributed by atoms with Gasteiger partial charge in [-0.25, -0.2) is 9.97 Å². The van der Waals surface area contributed by atoms with Crippen LogP contribution in [0.5, 0.6) is 0 Å². The number of nitrogens with one attached hydrogen (secondary N) is 1. The number of nitrogens with zero attached hydrogens (tertiary/aromatic N) is 2. The quantitative estimate of drug-likeness (QED) is 0.523. The van der Waals surface area contributed by atoms with E-state index in [1.165, 1.54) is 0 Å². The van der Waals surface area contributed by atoms with Crippen molar-refractivity contribution >= 4 is 56.2 Å². The van der Waals surface area contributed by atoms with Crippen LogP contribution in [0.1, 0.15) is 28.4 Å². The first-order chi connectivity index (χ1) is 14.1. The molecule has 1 aliphatic heterocycles. The third-order valence-corrected chi connectivity index (χ3v) is 7.58. The average Bonchev–Trinajstić information content (AvgIpc) is 3.24. The van der Waals surface area contributed by atoms with Crippen molar-refractivity contribution in [2.45, 2.75) is 43.7 Å². The van der Waals surface area contributed by atoms with Gasteiger partial charge in [0.05, 0.1) is 40.6 Å². The highest BCUT2D eigenvalue weighted by Gasteiger charge is 2.15. The Bertz CT molecular complexity index is 995. The molecule has 4 rings (SSSR count). The van der Waals surface area contributed by atoms with Crippen LogP contribution in [-0.4, -0.2) is 41.1 Å². The van der Waals surface area contributed by atoms with E-state index in [4.69, 9.17) is 9.47 Å². The van der Waals surface area contributed by atoms with Crippen LogP contribution in [-0.2, 0) is 20.7 Å². The summed E-state index contributed by atoms with van der Waals surface area (Å²) < 4.78 is 13.3. The zero-order chi connectivity index (χ0) is 20.2. The fraction of sp³-hybridized carbons (Fsp3) is 0.450. The summed E-state index contributed by atoms with van der Waals surface area (Å²) in [6.07, 6.45) is 2.04. The van der Waals surface area contributed by atoms with Gasteiger partial charge in [-0.05, 0) is 38.5 Å². The first-order valence-corrected chi connectivity index (χ1v) is 12.2. The average molecular weight is 450 g/mol. The second-order valence-corrected chi connectivity index (χ2v) is 10.6. The maximum atomic E-state index is 12.4. The summed E-state index contributed by atoms with van der Waals surface area (Å²) in [4.78, 5) is 22.6. The molecule has 1 saturated heterocycles. The summed E-state index contributed by atoms with van der Waals surface area (Å²) in [6, 6.07) is 5.84. The molecule has 6 nitrogen and oxygen atoms in total. The molecule has 0 spiro atoms. The van der Waals surface area contributed by atoms with Crippen LogP contribution in [0, 0.1) is 13.8 Å². The summed E-state index contributed by atoms with van der Waals surface area (Å²) in [6.45, 7) is 5.53. The van der Waals surface area contributed by atoms with Crippen molar-refractivity contribution in [3.05, 3.63) is 33.8 Å². The molecule has 1 N–H and O–H groups in total.